The summed E-state index contributed by atoms with van der Waals surface area (Å²) in [6, 6.07) is 0.296. The van der Waals surface area contributed by atoms with Crippen LogP contribution in [-0.4, -0.2) is 29.2 Å². The van der Waals surface area contributed by atoms with Crippen molar-refractivity contribution >= 4 is 11.3 Å². The van der Waals surface area contributed by atoms with Crippen LogP contribution in [0.1, 0.15) is 10.7 Å². The maximum atomic E-state index is 5.25. The van der Waals surface area contributed by atoms with Gasteiger partial charge in [-0.25, -0.2) is 9.97 Å². The van der Waals surface area contributed by atoms with Crippen LogP contribution < -0.4 is 9.47 Å². The summed E-state index contributed by atoms with van der Waals surface area (Å²) in [5, 5.41) is 1.01. The zero-order valence-electron chi connectivity index (χ0n) is 10.1. The van der Waals surface area contributed by atoms with E-state index < -0.39 is 0 Å². The Bertz CT molecular complexity index is 540. The molecule has 0 atom stereocenters. The Morgan fingerprint density at radius 1 is 1.12 bits per heavy atom. The van der Waals surface area contributed by atoms with Gasteiger partial charge >= 0.3 is 6.01 Å². The van der Waals surface area contributed by atoms with Crippen molar-refractivity contribution in [1.82, 2.24) is 15.0 Å². The third-order valence-electron chi connectivity index (χ3n) is 2.26. The molecule has 90 valence electrons. The Morgan fingerprint density at radius 2 is 1.88 bits per heavy atom. The van der Waals surface area contributed by atoms with Crippen LogP contribution in [0, 0.1) is 13.8 Å². The molecule has 0 unspecified atom stereocenters. The van der Waals surface area contributed by atoms with Gasteiger partial charge in [0, 0.05) is 6.20 Å². The van der Waals surface area contributed by atoms with E-state index in [9.17, 15) is 0 Å². The van der Waals surface area contributed by atoms with E-state index in [1.54, 1.807) is 24.6 Å². The Labute approximate surface area is 103 Å². The SMILES string of the molecule is COc1ncc(-c2sc(C)nc2C)c(OC)n1. The number of methoxy groups -OCH3 is 2. The van der Waals surface area contributed by atoms with Crippen molar-refractivity contribution in [3.05, 3.63) is 16.9 Å². The molecule has 0 spiro atoms. The highest BCUT2D eigenvalue weighted by atomic mass is 32.1. The molecule has 0 aromatic carbocycles. The van der Waals surface area contributed by atoms with Crippen molar-refractivity contribution in [3.63, 3.8) is 0 Å². The summed E-state index contributed by atoms with van der Waals surface area (Å²) in [6.07, 6.45) is 1.70. The Hall–Kier alpha value is -1.69. The van der Waals surface area contributed by atoms with Gasteiger partial charge < -0.3 is 9.47 Å². The predicted octanol–water partition coefficient (Wildman–Crippen LogP) is 2.23. The molecule has 0 aliphatic heterocycles. The lowest BCUT2D eigenvalue weighted by Gasteiger charge is -2.06. The van der Waals surface area contributed by atoms with E-state index in [1.165, 1.54) is 7.11 Å². The standard InChI is InChI=1S/C11H13N3O2S/c1-6-9(17-7(2)13-6)8-5-12-11(16-4)14-10(8)15-3/h5H,1-4H3. The van der Waals surface area contributed by atoms with Crippen molar-refractivity contribution < 1.29 is 9.47 Å². The number of rotatable bonds is 3. The minimum absolute atomic E-state index is 0.296. The molecule has 0 saturated carbocycles. The van der Waals surface area contributed by atoms with Gasteiger partial charge in [-0.15, -0.1) is 11.3 Å². The zero-order chi connectivity index (χ0) is 12.4. The predicted molar refractivity (Wildman–Crippen MR) is 65.7 cm³/mol. The number of aromatic nitrogens is 3. The average Bonchev–Trinajstić information content (AvgIpc) is 2.67. The van der Waals surface area contributed by atoms with Crippen LogP contribution in [-0.2, 0) is 0 Å². The molecule has 0 bridgehead atoms. The minimum Gasteiger partial charge on any atom is -0.480 e. The first kappa shape index (κ1) is 11.8. The largest absolute Gasteiger partial charge is 0.480 e. The molecule has 5 nitrogen and oxygen atoms in total. The van der Waals surface area contributed by atoms with Crippen molar-refractivity contribution in [3.8, 4) is 22.3 Å². The number of thiazole rings is 1. The smallest absolute Gasteiger partial charge is 0.319 e. The van der Waals surface area contributed by atoms with E-state index in [2.05, 4.69) is 15.0 Å². The molecule has 0 aliphatic rings. The van der Waals surface area contributed by atoms with Gasteiger partial charge in [0.05, 0.1) is 35.4 Å². The van der Waals surface area contributed by atoms with Crippen molar-refractivity contribution in [2.24, 2.45) is 0 Å². The number of ether oxygens (including phenoxy) is 2. The van der Waals surface area contributed by atoms with Crippen LogP contribution in [0.3, 0.4) is 0 Å². The molecule has 2 aromatic heterocycles. The number of nitrogens with zero attached hydrogens (tertiary/aromatic N) is 3. The fraction of sp³-hybridized carbons (Fsp3) is 0.364. The highest BCUT2D eigenvalue weighted by molar-refractivity contribution is 7.15. The molecule has 0 aliphatic carbocycles. The van der Waals surface area contributed by atoms with E-state index in [-0.39, 0.29) is 0 Å². The number of aryl methyl sites for hydroxylation is 2. The topological polar surface area (TPSA) is 57.1 Å². The van der Waals surface area contributed by atoms with Gasteiger partial charge in [0.15, 0.2) is 0 Å². The van der Waals surface area contributed by atoms with Gasteiger partial charge in [0.25, 0.3) is 0 Å². The third kappa shape index (κ3) is 2.21. The molecule has 6 heteroatoms. The molecule has 2 heterocycles. The Kier molecular flexibility index (Phi) is 3.23. The van der Waals surface area contributed by atoms with E-state index in [4.69, 9.17) is 9.47 Å². The second-order valence-corrected chi connectivity index (χ2v) is 4.63. The monoisotopic (exact) mass is 251 g/mol. The summed E-state index contributed by atoms with van der Waals surface area (Å²) in [6.45, 7) is 3.93. The van der Waals surface area contributed by atoms with E-state index in [1.807, 2.05) is 13.8 Å². The second kappa shape index (κ2) is 4.67. The first-order chi connectivity index (χ1) is 8.15. The molecule has 0 radical (unpaired) electrons. The first-order valence-electron chi connectivity index (χ1n) is 5.05. The van der Waals surface area contributed by atoms with Crippen LogP contribution >= 0.6 is 11.3 Å². The normalized spacial score (nSPS) is 10.4. The summed E-state index contributed by atoms with van der Waals surface area (Å²) >= 11 is 1.60. The minimum atomic E-state index is 0.296. The van der Waals surface area contributed by atoms with E-state index >= 15 is 0 Å². The fourth-order valence-electron chi connectivity index (χ4n) is 1.54. The molecule has 0 amide bonds. The van der Waals surface area contributed by atoms with Crippen LogP contribution in [0.4, 0.5) is 0 Å². The molecule has 2 rings (SSSR count). The fourth-order valence-corrected chi connectivity index (χ4v) is 2.46. The third-order valence-corrected chi connectivity index (χ3v) is 3.36. The van der Waals surface area contributed by atoms with Gasteiger partial charge in [-0.3, -0.25) is 0 Å². The van der Waals surface area contributed by atoms with Crippen LogP contribution in [0.25, 0.3) is 10.4 Å². The first-order valence-corrected chi connectivity index (χ1v) is 5.86. The summed E-state index contributed by atoms with van der Waals surface area (Å²) in [4.78, 5) is 13.7. The van der Waals surface area contributed by atoms with Gasteiger partial charge in [0.2, 0.25) is 5.88 Å². The molecule has 17 heavy (non-hydrogen) atoms. The average molecular weight is 251 g/mol. The van der Waals surface area contributed by atoms with Gasteiger partial charge in [-0.05, 0) is 13.8 Å². The van der Waals surface area contributed by atoms with Crippen LogP contribution in [0.2, 0.25) is 0 Å². The summed E-state index contributed by atoms with van der Waals surface area (Å²) in [5.41, 5.74) is 1.80. The molecule has 0 N–H and O–H groups in total. The highest BCUT2D eigenvalue weighted by Gasteiger charge is 2.15. The maximum absolute atomic E-state index is 5.25. The summed E-state index contributed by atoms with van der Waals surface area (Å²) in [7, 11) is 3.10. The highest BCUT2D eigenvalue weighted by Crippen LogP contribution is 2.35. The maximum Gasteiger partial charge on any atom is 0.319 e. The summed E-state index contributed by atoms with van der Waals surface area (Å²) in [5.74, 6) is 0.503. The quantitative estimate of drug-likeness (QED) is 0.837. The second-order valence-electron chi connectivity index (χ2n) is 3.43. The van der Waals surface area contributed by atoms with E-state index in [0.717, 1.165) is 21.1 Å². The van der Waals surface area contributed by atoms with Gasteiger partial charge in [-0.1, -0.05) is 0 Å². The molecular formula is C11H13N3O2S. The van der Waals surface area contributed by atoms with Crippen LogP contribution in [0.15, 0.2) is 6.20 Å². The molecule has 2 aromatic rings. The van der Waals surface area contributed by atoms with Crippen molar-refractivity contribution in [2.45, 2.75) is 13.8 Å². The van der Waals surface area contributed by atoms with Gasteiger partial charge in [-0.2, -0.15) is 4.98 Å². The van der Waals surface area contributed by atoms with Crippen molar-refractivity contribution in [1.29, 1.82) is 0 Å². The number of hydrogen-bond acceptors (Lipinski definition) is 6. The van der Waals surface area contributed by atoms with Crippen LogP contribution in [0.5, 0.6) is 11.9 Å². The van der Waals surface area contributed by atoms with Crippen molar-refractivity contribution in [2.75, 3.05) is 14.2 Å². The molecule has 0 saturated heterocycles. The molecular weight excluding hydrogens is 238 g/mol. The van der Waals surface area contributed by atoms with Gasteiger partial charge in [0.1, 0.15) is 0 Å². The zero-order valence-corrected chi connectivity index (χ0v) is 11.0. The summed E-state index contributed by atoms with van der Waals surface area (Å²) < 4.78 is 10.2. The Balaban J connectivity index is 2.55. The lowest BCUT2D eigenvalue weighted by Crippen LogP contribution is -1.97. The molecule has 0 fully saturated rings. The lowest BCUT2D eigenvalue weighted by molar-refractivity contribution is 0.353. The number of hydrogen-bond donors (Lipinski definition) is 0. The lowest BCUT2D eigenvalue weighted by atomic mass is 10.2. The van der Waals surface area contributed by atoms with E-state index in [0.29, 0.717) is 11.9 Å². The Morgan fingerprint density at radius 3 is 2.41 bits per heavy atom.